The lowest BCUT2D eigenvalue weighted by atomic mass is 9.88. The molecule has 0 aliphatic carbocycles. The van der Waals surface area contributed by atoms with Crippen LogP contribution in [0.3, 0.4) is 0 Å². The molecule has 1 aliphatic heterocycles. The average molecular weight is 343 g/mol. The first-order valence-electron chi connectivity index (χ1n) is 8.92. The van der Waals surface area contributed by atoms with Crippen LogP contribution in [0.25, 0.3) is 0 Å². The lowest BCUT2D eigenvalue weighted by Crippen LogP contribution is -2.38. The number of hydrogen-bond acceptors (Lipinski definition) is 3. The normalized spacial score (nSPS) is 17.4. The van der Waals surface area contributed by atoms with Crippen LogP contribution in [0.5, 0.6) is 5.75 Å². The number of aliphatic hydroxyl groups excluding tert-OH is 1. The highest BCUT2D eigenvalue weighted by molar-refractivity contribution is 5.29. The van der Waals surface area contributed by atoms with E-state index in [0.29, 0.717) is 5.92 Å². The van der Waals surface area contributed by atoms with E-state index in [4.69, 9.17) is 4.74 Å². The van der Waals surface area contributed by atoms with Crippen LogP contribution < -0.4 is 4.74 Å². The van der Waals surface area contributed by atoms with Gasteiger partial charge < -0.3 is 9.84 Å². The molecular formula is C21H26FNO2. The van der Waals surface area contributed by atoms with Crippen LogP contribution in [-0.2, 0) is 13.0 Å². The van der Waals surface area contributed by atoms with Gasteiger partial charge in [0.15, 0.2) is 11.6 Å². The fourth-order valence-electron chi connectivity index (χ4n) is 3.58. The number of piperidine rings is 1. The zero-order valence-corrected chi connectivity index (χ0v) is 14.7. The fraction of sp³-hybridized carbons (Fsp3) is 0.429. The van der Waals surface area contributed by atoms with E-state index in [1.807, 2.05) is 24.3 Å². The molecule has 0 saturated carbocycles. The Labute approximate surface area is 149 Å². The number of hydrogen-bond donors (Lipinski definition) is 1. The second-order valence-electron chi connectivity index (χ2n) is 6.84. The summed E-state index contributed by atoms with van der Waals surface area (Å²) in [6.07, 6.45) is 2.39. The van der Waals surface area contributed by atoms with Crippen LogP contribution in [0.4, 0.5) is 4.39 Å². The minimum atomic E-state index is -0.312. The van der Waals surface area contributed by atoms with Crippen molar-refractivity contribution in [1.82, 2.24) is 4.90 Å². The van der Waals surface area contributed by atoms with E-state index in [9.17, 15) is 9.50 Å². The van der Waals surface area contributed by atoms with Crippen LogP contribution >= 0.6 is 0 Å². The Morgan fingerprint density at radius 1 is 1.12 bits per heavy atom. The third kappa shape index (κ3) is 4.80. The first-order valence-corrected chi connectivity index (χ1v) is 8.92. The third-order valence-corrected chi connectivity index (χ3v) is 5.09. The lowest BCUT2D eigenvalue weighted by Gasteiger charge is -2.34. The molecule has 1 heterocycles. The van der Waals surface area contributed by atoms with Crippen LogP contribution in [0.15, 0.2) is 48.5 Å². The molecule has 134 valence electrons. The van der Waals surface area contributed by atoms with Crippen molar-refractivity contribution in [3.8, 4) is 5.75 Å². The predicted molar refractivity (Wildman–Crippen MR) is 97.1 cm³/mol. The van der Waals surface area contributed by atoms with Gasteiger partial charge in [0.25, 0.3) is 0 Å². The van der Waals surface area contributed by atoms with E-state index in [2.05, 4.69) is 17.0 Å². The summed E-state index contributed by atoms with van der Waals surface area (Å²) in [5.41, 5.74) is 2.15. The molecule has 1 aliphatic rings. The summed E-state index contributed by atoms with van der Waals surface area (Å²) >= 11 is 0. The molecule has 1 N–H and O–H groups in total. The number of likely N-dealkylation sites (tertiary alicyclic amines) is 1. The molecule has 25 heavy (non-hydrogen) atoms. The van der Waals surface area contributed by atoms with Crippen molar-refractivity contribution in [2.45, 2.75) is 31.9 Å². The molecule has 0 bridgehead atoms. The molecule has 0 radical (unpaired) electrons. The van der Waals surface area contributed by atoms with Gasteiger partial charge in [0.1, 0.15) is 0 Å². The van der Waals surface area contributed by atoms with Crippen molar-refractivity contribution in [3.63, 3.8) is 0 Å². The van der Waals surface area contributed by atoms with Gasteiger partial charge in [-0.15, -0.1) is 0 Å². The fourth-order valence-corrected chi connectivity index (χ4v) is 3.58. The summed E-state index contributed by atoms with van der Waals surface area (Å²) in [5.74, 6) is 0.309. The highest BCUT2D eigenvalue weighted by atomic mass is 19.1. The standard InChI is InChI=1S/C21H26FNO2/c1-25-21-8-7-17(13-19(21)22)15-23-11-9-18(10-12-23)20(24)14-16-5-3-2-4-6-16/h2-8,13,18,20,24H,9-12,14-15H2,1H3/t20-/m1/s1. The highest BCUT2D eigenvalue weighted by Gasteiger charge is 2.25. The maximum absolute atomic E-state index is 13.8. The van der Waals surface area contributed by atoms with Gasteiger partial charge in [0.2, 0.25) is 0 Å². The zero-order valence-electron chi connectivity index (χ0n) is 14.7. The van der Waals surface area contributed by atoms with E-state index in [1.165, 1.54) is 12.7 Å². The second-order valence-corrected chi connectivity index (χ2v) is 6.84. The van der Waals surface area contributed by atoms with E-state index in [1.54, 1.807) is 12.1 Å². The summed E-state index contributed by atoms with van der Waals surface area (Å²) in [7, 11) is 1.48. The number of methoxy groups -OCH3 is 1. The van der Waals surface area contributed by atoms with Crippen molar-refractivity contribution in [1.29, 1.82) is 0 Å². The molecule has 3 rings (SSSR count). The van der Waals surface area contributed by atoms with Gasteiger partial charge in [-0.3, -0.25) is 4.90 Å². The maximum Gasteiger partial charge on any atom is 0.165 e. The van der Waals surface area contributed by atoms with E-state index < -0.39 is 0 Å². The number of halogens is 1. The molecule has 3 nitrogen and oxygen atoms in total. The molecule has 0 spiro atoms. The van der Waals surface area contributed by atoms with Crippen LogP contribution in [0, 0.1) is 11.7 Å². The molecule has 1 fully saturated rings. The monoisotopic (exact) mass is 343 g/mol. The molecule has 4 heteroatoms. The number of aliphatic hydroxyl groups is 1. The highest BCUT2D eigenvalue weighted by Crippen LogP contribution is 2.25. The number of ether oxygens (including phenoxy) is 1. The summed E-state index contributed by atoms with van der Waals surface area (Å²) in [4.78, 5) is 2.33. The van der Waals surface area contributed by atoms with Gasteiger partial charge >= 0.3 is 0 Å². The lowest BCUT2D eigenvalue weighted by molar-refractivity contribution is 0.0576. The molecule has 1 atom stereocenters. The molecule has 1 saturated heterocycles. The zero-order chi connectivity index (χ0) is 17.6. The van der Waals surface area contributed by atoms with Gasteiger partial charge in [-0.2, -0.15) is 0 Å². The van der Waals surface area contributed by atoms with Gasteiger partial charge in [0.05, 0.1) is 13.2 Å². The van der Waals surface area contributed by atoms with E-state index in [0.717, 1.165) is 44.5 Å². The summed E-state index contributed by atoms with van der Waals surface area (Å²) in [6.45, 7) is 2.61. The second kappa shape index (κ2) is 8.45. The molecule has 0 aromatic heterocycles. The largest absolute Gasteiger partial charge is 0.494 e. The Balaban J connectivity index is 1.49. The van der Waals surface area contributed by atoms with Gasteiger partial charge in [-0.25, -0.2) is 4.39 Å². The minimum Gasteiger partial charge on any atom is -0.494 e. The first-order chi connectivity index (χ1) is 12.2. The van der Waals surface area contributed by atoms with Gasteiger partial charge in [0, 0.05) is 6.54 Å². The average Bonchev–Trinajstić information content (AvgIpc) is 2.63. The molecular weight excluding hydrogens is 317 g/mol. The van der Waals surface area contributed by atoms with Gasteiger partial charge in [-0.05, 0) is 61.5 Å². The van der Waals surface area contributed by atoms with Crippen molar-refractivity contribution >= 4 is 0 Å². The Hall–Kier alpha value is -1.91. The smallest absolute Gasteiger partial charge is 0.165 e. The number of benzene rings is 2. The van der Waals surface area contributed by atoms with Crippen LogP contribution in [-0.4, -0.2) is 36.3 Å². The Morgan fingerprint density at radius 2 is 1.84 bits per heavy atom. The number of rotatable bonds is 6. The van der Waals surface area contributed by atoms with Crippen LogP contribution in [0.2, 0.25) is 0 Å². The molecule has 2 aromatic carbocycles. The molecule has 0 unspecified atom stereocenters. The Kier molecular flexibility index (Phi) is 6.05. The summed E-state index contributed by atoms with van der Waals surface area (Å²) < 4.78 is 18.8. The predicted octanol–water partition coefficient (Wildman–Crippen LogP) is 3.65. The minimum absolute atomic E-state index is 0.284. The SMILES string of the molecule is COc1ccc(CN2CCC([C@H](O)Cc3ccccc3)CC2)cc1F. The van der Waals surface area contributed by atoms with E-state index >= 15 is 0 Å². The number of nitrogens with zero attached hydrogens (tertiary/aromatic N) is 1. The third-order valence-electron chi connectivity index (χ3n) is 5.09. The van der Waals surface area contributed by atoms with E-state index in [-0.39, 0.29) is 17.7 Å². The van der Waals surface area contributed by atoms with Gasteiger partial charge in [-0.1, -0.05) is 36.4 Å². The Bertz CT molecular complexity index is 669. The quantitative estimate of drug-likeness (QED) is 0.869. The summed E-state index contributed by atoms with van der Waals surface area (Å²) in [6, 6.07) is 15.3. The molecule has 2 aromatic rings. The summed E-state index contributed by atoms with van der Waals surface area (Å²) in [5, 5.41) is 10.5. The maximum atomic E-state index is 13.8. The first kappa shape index (κ1) is 17.9. The van der Waals surface area contributed by atoms with Crippen molar-refractivity contribution in [2.24, 2.45) is 5.92 Å². The van der Waals surface area contributed by atoms with Crippen molar-refractivity contribution < 1.29 is 14.2 Å². The van der Waals surface area contributed by atoms with Crippen molar-refractivity contribution in [2.75, 3.05) is 20.2 Å². The molecule has 0 amide bonds. The Morgan fingerprint density at radius 3 is 2.48 bits per heavy atom. The topological polar surface area (TPSA) is 32.7 Å². The van der Waals surface area contributed by atoms with Crippen molar-refractivity contribution in [3.05, 3.63) is 65.5 Å². The van der Waals surface area contributed by atoms with Crippen LogP contribution in [0.1, 0.15) is 24.0 Å².